The normalized spacial score (nSPS) is 21.2. The molecule has 8 heteroatoms. The quantitative estimate of drug-likeness (QED) is 0.712. The molecule has 1 saturated heterocycles. The molecular formula is C17H18BrNO4S2. The number of ether oxygens (including phenoxy) is 2. The van der Waals surface area contributed by atoms with Gasteiger partial charge in [0.2, 0.25) is 0 Å². The first-order chi connectivity index (χ1) is 12.1. The first-order valence-corrected chi connectivity index (χ1v) is 11.3. The van der Waals surface area contributed by atoms with E-state index in [1.807, 2.05) is 18.2 Å². The average Bonchev–Trinajstić information content (AvgIpc) is 3.19. The maximum atomic E-state index is 13.0. The molecule has 1 atom stereocenters. The largest absolute Gasteiger partial charge is 0.490 e. The van der Waals surface area contributed by atoms with Crippen LogP contribution in [0.15, 0.2) is 38.3 Å². The van der Waals surface area contributed by atoms with Crippen molar-refractivity contribution in [1.29, 1.82) is 0 Å². The van der Waals surface area contributed by atoms with E-state index in [0.29, 0.717) is 29.7 Å². The Kier molecular flexibility index (Phi) is 4.79. The third-order valence-electron chi connectivity index (χ3n) is 4.47. The molecule has 1 fully saturated rings. The Hall–Kier alpha value is -1.09. The summed E-state index contributed by atoms with van der Waals surface area (Å²) in [5.41, 5.74) is 0.959. The number of sulfonamides is 1. The van der Waals surface area contributed by atoms with Crippen LogP contribution in [0.1, 0.15) is 30.9 Å². The molecule has 3 heterocycles. The summed E-state index contributed by atoms with van der Waals surface area (Å²) >= 11 is 4.59. The Morgan fingerprint density at radius 3 is 2.64 bits per heavy atom. The van der Waals surface area contributed by atoms with E-state index in [1.165, 1.54) is 11.3 Å². The molecule has 0 amide bonds. The Balaban J connectivity index is 1.67. The maximum absolute atomic E-state index is 13.0. The van der Waals surface area contributed by atoms with Crippen molar-refractivity contribution in [2.45, 2.75) is 29.5 Å². The van der Waals surface area contributed by atoms with Crippen LogP contribution in [0, 0.1) is 0 Å². The van der Waals surface area contributed by atoms with Crippen molar-refractivity contribution in [3.63, 3.8) is 0 Å². The van der Waals surface area contributed by atoms with Crippen LogP contribution >= 0.6 is 27.3 Å². The molecule has 134 valence electrons. The number of hydrogen-bond acceptors (Lipinski definition) is 5. The molecule has 0 unspecified atom stereocenters. The van der Waals surface area contributed by atoms with Gasteiger partial charge in [-0.3, -0.25) is 0 Å². The van der Waals surface area contributed by atoms with Gasteiger partial charge in [0.05, 0.1) is 23.0 Å². The van der Waals surface area contributed by atoms with Gasteiger partial charge in [-0.1, -0.05) is 6.07 Å². The maximum Gasteiger partial charge on any atom is 0.253 e. The van der Waals surface area contributed by atoms with Crippen LogP contribution in [-0.2, 0) is 10.0 Å². The van der Waals surface area contributed by atoms with Gasteiger partial charge in [-0.05, 0) is 58.6 Å². The first kappa shape index (κ1) is 17.3. The third-order valence-corrected chi connectivity index (χ3v) is 8.47. The summed E-state index contributed by atoms with van der Waals surface area (Å²) in [5, 5.41) is 0. The second-order valence-corrected chi connectivity index (χ2v) is 10.7. The lowest BCUT2D eigenvalue weighted by molar-refractivity contribution is 0.296. The number of fused-ring (bicyclic) bond motifs is 1. The van der Waals surface area contributed by atoms with Crippen molar-refractivity contribution in [2.75, 3.05) is 19.8 Å². The number of thiophene rings is 1. The summed E-state index contributed by atoms with van der Waals surface area (Å²) in [7, 11) is -3.49. The van der Waals surface area contributed by atoms with Crippen molar-refractivity contribution in [2.24, 2.45) is 0 Å². The predicted molar refractivity (Wildman–Crippen MR) is 99.9 cm³/mol. The SMILES string of the molecule is O=S(=O)(c1ccc(Br)s1)N1CCC[C@@H]1c1ccc2c(c1)OCCCO2. The summed E-state index contributed by atoms with van der Waals surface area (Å²) in [6, 6.07) is 9.05. The molecule has 0 bridgehead atoms. The fourth-order valence-electron chi connectivity index (χ4n) is 3.30. The molecule has 0 aliphatic carbocycles. The third kappa shape index (κ3) is 3.32. The summed E-state index contributed by atoms with van der Waals surface area (Å²) in [5.74, 6) is 1.44. The van der Waals surface area contributed by atoms with Crippen molar-refractivity contribution < 1.29 is 17.9 Å². The lowest BCUT2D eigenvalue weighted by Gasteiger charge is -2.24. The summed E-state index contributed by atoms with van der Waals surface area (Å²) < 4.78 is 40.3. The molecule has 0 N–H and O–H groups in total. The first-order valence-electron chi connectivity index (χ1n) is 8.22. The van der Waals surface area contributed by atoms with Gasteiger partial charge >= 0.3 is 0 Å². The highest BCUT2D eigenvalue weighted by Crippen LogP contribution is 2.41. The van der Waals surface area contributed by atoms with Crippen LogP contribution in [0.4, 0.5) is 0 Å². The molecular weight excluding hydrogens is 426 g/mol. The molecule has 2 aromatic rings. The van der Waals surface area contributed by atoms with Gasteiger partial charge in [0.15, 0.2) is 11.5 Å². The Labute approximate surface area is 159 Å². The van der Waals surface area contributed by atoms with E-state index in [4.69, 9.17) is 9.47 Å². The number of nitrogens with zero attached hydrogens (tertiary/aromatic N) is 1. The van der Waals surface area contributed by atoms with Crippen LogP contribution in [-0.4, -0.2) is 32.5 Å². The van der Waals surface area contributed by atoms with Crippen LogP contribution in [0.3, 0.4) is 0 Å². The second kappa shape index (κ2) is 6.90. The molecule has 1 aromatic carbocycles. The highest BCUT2D eigenvalue weighted by atomic mass is 79.9. The molecule has 0 spiro atoms. The summed E-state index contributed by atoms with van der Waals surface area (Å²) in [6.45, 7) is 1.80. The molecule has 2 aliphatic heterocycles. The van der Waals surface area contributed by atoms with E-state index in [-0.39, 0.29) is 6.04 Å². The van der Waals surface area contributed by atoms with Gasteiger partial charge in [-0.2, -0.15) is 4.31 Å². The van der Waals surface area contributed by atoms with Crippen molar-refractivity contribution in [3.8, 4) is 11.5 Å². The molecule has 1 aromatic heterocycles. The molecule has 25 heavy (non-hydrogen) atoms. The van der Waals surface area contributed by atoms with Crippen molar-refractivity contribution in [3.05, 3.63) is 39.7 Å². The number of hydrogen-bond donors (Lipinski definition) is 0. The molecule has 0 saturated carbocycles. The summed E-state index contributed by atoms with van der Waals surface area (Å²) in [6.07, 6.45) is 2.51. The van der Waals surface area contributed by atoms with Crippen LogP contribution in [0.2, 0.25) is 0 Å². The van der Waals surface area contributed by atoms with Gasteiger partial charge in [-0.25, -0.2) is 8.42 Å². The van der Waals surface area contributed by atoms with Gasteiger partial charge in [-0.15, -0.1) is 11.3 Å². The zero-order valence-corrected chi connectivity index (χ0v) is 16.7. The van der Waals surface area contributed by atoms with E-state index in [9.17, 15) is 8.42 Å². The van der Waals surface area contributed by atoms with Crippen molar-refractivity contribution >= 4 is 37.3 Å². The molecule has 4 rings (SSSR count). The fraction of sp³-hybridized carbons (Fsp3) is 0.412. The second-order valence-electron chi connectivity index (χ2n) is 6.09. The number of benzene rings is 1. The fourth-order valence-corrected chi connectivity index (χ4v) is 7.12. The van der Waals surface area contributed by atoms with Gasteiger partial charge in [0.1, 0.15) is 4.21 Å². The van der Waals surface area contributed by atoms with Crippen molar-refractivity contribution in [1.82, 2.24) is 4.31 Å². The lowest BCUT2D eigenvalue weighted by Crippen LogP contribution is -2.30. The zero-order valence-electron chi connectivity index (χ0n) is 13.5. The number of halogens is 1. The Morgan fingerprint density at radius 1 is 1.08 bits per heavy atom. The minimum absolute atomic E-state index is 0.164. The smallest absolute Gasteiger partial charge is 0.253 e. The standard InChI is InChI=1S/C17H18BrNO4S2/c18-16-6-7-17(24-16)25(20,21)19-8-1-3-13(19)12-4-5-14-15(11-12)23-10-2-9-22-14/h4-7,11,13H,1-3,8-10H2/t13-/m1/s1. The lowest BCUT2D eigenvalue weighted by atomic mass is 10.0. The van der Waals surface area contributed by atoms with E-state index in [0.717, 1.165) is 34.4 Å². The monoisotopic (exact) mass is 443 g/mol. The Morgan fingerprint density at radius 2 is 1.88 bits per heavy atom. The average molecular weight is 444 g/mol. The molecule has 0 radical (unpaired) electrons. The van der Waals surface area contributed by atoms with E-state index >= 15 is 0 Å². The van der Waals surface area contributed by atoms with Gasteiger partial charge in [0.25, 0.3) is 10.0 Å². The summed E-state index contributed by atoms with van der Waals surface area (Å²) in [4.78, 5) is 0. The number of rotatable bonds is 3. The highest BCUT2D eigenvalue weighted by Gasteiger charge is 2.37. The highest BCUT2D eigenvalue weighted by molar-refractivity contribution is 9.11. The Bertz CT molecular complexity index is 881. The molecule has 2 aliphatic rings. The van der Waals surface area contributed by atoms with Gasteiger partial charge < -0.3 is 9.47 Å². The van der Waals surface area contributed by atoms with Crippen LogP contribution in [0.5, 0.6) is 11.5 Å². The van der Waals surface area contributed by atoms with E-state index < -0.39 is 10.0 Å². The van der Waals surface area contributed by atoms with Crippen LogP contribution in [0.25, 0.3) is 0 Å². The predicted octanol–water partition coefficient (Wildman–Crippen LogP) is 4.20. The minimum atomic E-state index is -3.49. The minimum Gasteiger partial charge on any atom is -0.490 e. The van der Waals surface area contributed by atoms with Gasteiger partial charge in [0, 0.05) is 13.0 Å². The van der Waals surface area contributed by atoms with E-state index in [2.05, 4.69) is 15.9 Å². The van der Waals surface area contributed by atoms with E-state index in [1.54, 1.807) is 16.4 Å². The topological polar surface area (TPSA) is 55.8 Å². The van der Waals surface area contributed by atoms with Crippen LogP contribution < -0.4 is 9.47 Å². The zero-order chi connectivity index (χ0) is 17.4. The molecule has 5 nitrogen and oxygen atoms in total.